The average molecular weight is 291 g/mol. The van der Waals surface area contributed by atoms with Gasteiger partial charge in [0.05, 0.1) is 17.9 Å². The van der Waals surface area contributed by atoms with E-state index in [1.165, 1.54) is 0 Å². The van der Waals surface area contributed by atoms with Crippen LogP contribution in [-0.2, 0) is 16.6 Å². The fraction of sp³-hybridized carbons (Fsp3) is 0.214. The zero-order valence-corrected chi connectivity index (χ0v) is 12.2. The van der Waals surface area contributed by atoms with Crippen LogP contribution in [0.3, 0.4) is 0 Å². The standard InChI is InChI=1S/C14H17N3O2S/c1-10-5-3-8-13(15)14(10)20(18,19)16-9-12-7-4-6-11(2)17-12/h3-8,16H,9,15H2,1-2H3. The Balaban J connectivity index is 2.24. The van der Waals surface area contributed by atoms with Crippen molar-refractivity contribution in [3.8, 4) is 0 Å². The van der Waals surface area contributed by atoms with E-state index < -0.39 is 10.0 Å². The van der Waals surface area contributed by atoms with Gasteiger partial charge in [-0.1, -0.05) is 18.2 Å². The van der Waals surface area contributed by atoms with Crippen molar-refractivity contribution in [1.82, 2.24) is 9.71 Å². The summed E-state index contributed by atoms with van der Waals surface area (Å²) < 4.78 is 27.2. The second kappa shape index (κ2) is 5.60. The number of nitrogens with one attached hydrogen (secondary N) is 1. The molecule has 1 aromatic heterocycles. The minimum atomic E-state index is -3.65. The highest BCUT2D eigenvalue weighted by atomic mass is 32.2. The summed E-state index contributed by atoms with van der Waals surface area (Å²) >= 11 is 0. The van der Waals surface area contributed by atoms with Crippen LogP contribution in [-0.4, -0.2) is 13.4 Å². The van der Waals surface area contributed by atoms with Gasteiger partial charge in [0.25, 0.3) is 0 Å². The molecule has 6 heteroatoms. The molecular weight excluding hydrogens is 274 g/mol. The van der Waals surface area contributed by atoms with E-state index >= 15 is 0 Å². The molecule has 0 amide bonds. The van der Waals surface area contributed by atoms with E-state index in [0.29, 0.717) is 11.3 Å². The number of aromatic nitrogens is 1. The number of benzene rings is 1. The van der Waals surface area contributed by atoms with Crippen molar-refractivity contribution >= 4 is 15.7 Å². The molecule has 2 aromatic rings. The molecule has 0 saturated heterocycles. The fourth-order valence-corrected chi connectivity index (χ4v) is 3.33. The number of pyridine rings is 1. The molecule has 1 aromatic carbocycles. The molecule has 3 N–H and O–H groups in total. The van der Waals surface area contributed by atoms with Gasteiger partial charge in [-0.15, -0.1) is 0 Å². The Morgan fingerprint density at radius 1 is 1.15 bits per heavy atom. The maximum absolute atomic E-state index is 12.3. The Kier molecular flexibility index (Phi) is 4.06. The van der Waals surface area contributed by atoms with E-state index in [1.807, 2.05) is 19.1 Å². The van der Waals surface area contributed by atoms with Crippen LogP contribution in [0.1, 0.15) is 17.0 Å². The molecule has 0 fully saturated rings. The Bertz CT molecular complexity index is 707. The number of anilines is 1. The van der Waals surface area contributed by atoms with Gasteiger partial charge in [0.1, 0.15) is 4.90 Å². The van der Waals surface area contributed by atoms with Crippen molar-refractivity contribution in [3.63, 3.8) is 0 Å². The summed E-state index contributed by atoms with van der Waals surface area (Å²) in [6.45, 7) is 3.71. The lowest BCUT2D eigenvalue weighted by Crippen LogP contribution is -2.25. The van der Waals surface area contributed by atoms with Crippen molar-refractivity contribution in [2.24, 2.45) is 0 Å². The van der Waals surface area contributed by atoms with Gasteiger partial charge in [-0.25, -0.2) is 13.1 Å². The van der Waals surface area contributed by atoms with Gasteiger partial charge in [0.15, 0.2) is 0 Å². The third-order valence-electron chi connectivity index (χ3n) is 2.90. The highest BCUT2D eigenvalue weighted by Crippen LogP contribution is 2.22. The minimum Gasteiger partial charge on any atom is -0.398 e. The van der Waals surface area contributed by atoms with Gasteiger partial charge in [-0.2, -0.15) is 0 Å². The lowest BCUT2D eigenvalue weighted by molar-refractivity contribution is 0.580. The van der Waals surface area contributed by atoms with Crippen LogP contribution in [0.4, 0.5) is 5.69 Å². The Morgan fingerprint density at radius 3 is 2.50 bits per heavy atom. The molecule has 106 valence electrons. The molecule has 0 aliphatic rings. The second-order valence-electron chi connectivity index (χ2n) is 4.59. The Labute approximate surface area is 118 Å². The van der Waals surface area contributed by atoms with Crippen LogP contribution in [0.15, 0.2) is 41.3 Å². The molecule has 0 spiro atoms. The SMILES string of the molecule is Cc1cccc(CNS(=O)(=O)c2c(C)cccc2N)n1. The maximum atomic E-state index is 12.3. The highest BCUT2D eigenvalue weighted by molar-refractivity contribution is 7.89. The molecule has 0 radical (unpaired) electrons. The van der Waals surface area contributed by atoms with Gasteiger partial charge in [0.2, 0.25) is 10.0 Å². The molecule has 0 aliphatic heterocycles. The average Bonchev–Trinajstić information content (AvgIpc) is 2.36. The van der Waals surface area contributed by atoms with Gasteiger partial charge < -0.3 is 5.73 Å². The van der Waals surface area contributed by atoms with E-state index in [-0.39, 0.29) is 17.1 Å². The van der Waals surface area contributed by atoms with Crippen LogP contribution >= 0.6 is 0 Å². The van der Waals surface area contributed by atoms with Crippen LogP contribution in [0, 0.1) is 13.8 Å². The summed E-state index contributed by atoms with van der Waals surface area (Å²) in [6, 6.07) is 10.5. The Morgan fingerprint density at radius 2 is 1.85 bits per heavy atom. The number of rotatable bonds is 4. The number of sulfonamides is 1. The topological polar surface area (TPSA) is 85.1 Å². The predicted octanol–water partition coefficient (Wildman–Crippen LogP) is 1.76. The van der Waals surface area contributed by atoms with E-state index in [9.17, 15) is 8.42 Å². The first-order valence-electron chi connectivity index (χ1n) is 6.17. The summed E-state index contributed by atoms with van der Waals surface area (Å²) in [5.74, 6) is 0. The van der Waals surface area contributed by atoms with Crippen molar-refractivity contribution < 1.29 is 8.42 Å². The van der Waals surface area contributed by atoms with Crippen LogP contribution in [0.5, 0.6) is 0 Å². The molecule has 1 heterocycles. The predicted molar refractivity (Wildman–Crippen MR) is 78.6 cm³/mol. The summed E-state index contributed by atoms with van der Waals surface area (Å²) in [5, 5.41) is 0. The summed E-state index contributed by atoms with van der Waals surface area (Å²) in [6.07, 6.45) is 0. The molecule has 0 atom stereocenters. The lowest BCUT2D eigenvalue weighted by atomic mass is 10.2. The number of aryl methyl sites for hydroxylation is 2. The zero-order valence-electron chi connectivity index (χ0n) is 11.4. The molecule has 2 rings (SSSR count). The molecule has 0 bridgehead atoms. The van der Waals surface area contributed by atoms with E-state index in [1.54, 1.807) is 31.2 Å². The van der Waals surface area contributed by atoms with E-state index in [0.717, 1.165) is 5.69 Å². The van der Waals surface area contributed by atoms with Crippen molar-refractivity contribution in [3.05, 3.63) is 53.3 Å². The largest absolute Gasteiger partial charge is 0.398 e. The maximum Gasteiger partial charge on any atom is 0.243 e. The van der Waals surface area contributed by atoms with E-state index in [2.05, 4.69) is 9.71 Å². The molecule has 0 aliphatic carbocycles. The smallest absolute Gasteiger partial charge is 0.243 e. The van der Waals surface area contributed by atoms with E-state index in [4.69, 9.17) is 5.73 Å². The van der Waals surface area contributed by atoms with Gasteiger partial charge in [-0.05, 0) is 37.6 Å². The monoisotopic (exact) mass is 291 g/mol. The van der Waals surface area contributed by atoms with Gasteiger partial charge in [-0.3, -0.25) is 4.98 Å². The highest BCUT2D eigenvalue weighted by Gasteiger charge is 2.19. The van der Waals surface area contributed by atoms with Crippen molar-refractivity contribution in [2.45, 2.75) is 25.3 Å². The number of nitrogens with two attached hydrogens (primary N) is 1. The first-order chi connectivity index (χ1) is 9.40. The van der Waals surface area contributed by atoms with Gasteiger partial charge in [0, 0.05) is 5.69 Å². The normalized spacial score (nSPS) is 11.5. The minimum absolute atomic E-state index is 0.132. The van der Waals surface area contributed by atoms with Crippen molar-refractivity contribution in [2.75, 3.05) is 5.73 Å². The molecule has 5 nitrogen and oxygen atoms in total. The number of nitrogen functional groups attached to an aromatic ring is 1. The van der Waals surface area contributed by atoms with Crippen LogP contribution in [0.2, 0.25) is 0 Å². The Hall–Kier alpha value is -1.92. The number of hydrogen-bond donors (Lipinski definition) is 2. The second-order valence-corrected chi connectivity index (χ2v) is 6.29. The quantitative estimate of drug-likeness (QED) is 0.841. The van der Waals surface area contributed by atoms with Crippen molar-refractivity contribution in [1.29, 1.82) is 0 Å². The summed E-state index contributed by atoms with van der Waals surface area (Å²) in [7, 11) is -3.65. The third-order valence-corrected chi connectivity index (χ3v) is 4.52. The molecule has 20 heavy (non-hydrogen) atoms. The fourth-order valence-electron chi connectivity index (χ4n) is 1.98. The first kappa shape index (κ1) is 14.5. The van der Waals surface area contributed by atoms with Gasteiger partial charge >= 0.3 is 0 Å². The summed E-state index contributed by atoms with van der Waals surface area (Å²) in [4.78, 5) is 4.39. The van der Waals surface area contributed by atoms with Crippen LogP contribution < -0.4 is 10.5 Å². The molecule has 0 unspecified atom stereocenters. The third kappa shape index (κ3) is 3.15. The molecular formula is C14H17N3O2S. The molecule has 0 saturated carbocycles. The zero-order chi connectivity index (χ0) is 14.8. The first-order valence-corrected chi connectivity index (χ1v) is 7.66. The lowest BCUT2D eigenvalue weighted by Gasteiger charge is -2.11. The van der Waals surface area contributed by atoms with Crippen LogP contribution in [0.25, 0.3) is 0 Å². The number of hydrogen-bond acceptors (Lipinski definition) is 4. The number of nitrogens with zero attached hydrogens (tertiary/aromatic N) is 1. The summed E-state index contributed by atoms with van der Waals surface area (Å²) in [5.41, 5.74) is 8.14.